The molecule has 0 radical (unpaired) electrons. The summed E-state index contributed by atoms with van der Waals surface area (Å²) in [5, 5.41) is 3.57. The minimum Gasteiger partial charge on any atom is -0.381 e. The predicted molar refractivity (Wildman–Crippen MR) is 76.6 cm³/mol. The zero-order valence-electron chi connectivity index (χ0n) is 11.6. The van der Waals surface area contributed by atoms with Crippen molar-refractivity contribution in [1.82, 2.24) is 19.9 Å². The lowest BCUT2D eigenvalue weighted by Crippen LogP contribution is -2.26. The van der Waals surface area contributed by atoms with Crippen LogP contribution in [-0.4, -0.2) is 34.3 Å². The van der Waals surface area contributed by atoms with Gasteiger partial charge >= 0.3 is 0 Å². The van der Waals surface area contributed by atoms with E-state index in [1.807, 2.05) is 12.3 Å². The maximum absolute atomic E-state index is 5.66. The zero-order chi connectivity index (χ0) is 13.4. The first kappa shape index (κ1) is 12.3. The molecule has 2 aliphatic rings. The fourth-order valence-electron chi connectivity index (χ4n) is 3.37. The van der Waals surface area contributed by atoms with Crippen LogP contribution >= 0.6 is 0 Å². The molecule has 5 heteroatoms. The molecule has 0 spiro atoms. The van der Waals surface area contributed by atoms with Gasteiger partial charge in [0, 0.05) is 18.7 Å². The molecule has 2 unspecified atom stereocenters. The largest absolute Gasteiger partial charge is 0.381 e. The van der Waals surface area contributed by atoms with Crippen LogP contribution < -0.4 is 5.32 Å². The normalized spacial score (nSPS) is 27.2. The van der Waals surface area contributed by atoms with Gasteiger partial charge in [-0.2, -0.15) is 0 Å². The van der Waals surface area contributed by atoms with Gasteiger partial charge in [-0.1, -0.05) is 0 Å². The Morgan fingerprint density at radius 2 is 2.30 bits per heavy atom. The van der Waals surface area contributed by atoms with E-state index in [9.17, 15) is 0 Å². The maximum atomic E-state index is 5.66. The van der Waals surface area contributed by atoms with Crippen molar-refractivity contribution in [1.29, 1.82) is 0 Å². The molecule has 2 aromatic heterocycles. The van der Waals surface area contributed by atoms with Gasteiger partial charge in [0.2, 0.25) is 0 Å². The first-order valence-corrected chi connectivity index (χ1v) is 7.57. The molecule has 20 heavy (non-hydrogen) atoms. The Kier molecular flexibility index (Phi) is 3.16. The average molecular weight is 272 g/mol. The third kappa shape index (κ3) is 2.01. The SMILES string of the molecule is c1cnc2c(c1)nc(C1CCCOC1)n2C1CCCN1. The topological polar surface area (TPSA) is 52.0 Å². The lowest BCUT2D eigenvalue weighted by molar-refractivity contribution is 0.0765. The Morgan fingerprint density at radius 1 is 1.30 bits per heavy atom. The van der Waals surface area contributed by atoms with Crippen LogP contribution in [0.3, 0.4) is 0 Å². The molecule has 106 valence electrons. The van der Waals surface area contributed by atoms with Gasteiger partial charge in [0.15, 0.2) is 5.65 Å². The lowest BCUT2D eigenvalue weighted by Gasteiger charge is -2.24. The molecule has 4 rings (SSSR count). The van der Waals surface area contributed by atoms with E-state index < -0.39 is 0 Å². The number of imidazole rings is 1. The molecular weight excluding hydrogens is 252 g/mol. The van der Waals surface area contributed by atoms with Gasteiger partial charge in [0.25, 0.3) is 0 Å². The summed E-state index contributed by atoms with van der Waals surface area (Å²) in [5.74, 6) is 1.55. The average Bonchev–Trinajstić information content (AvgIpc) is 3.14. The number of ether oxygens (including phenoxy) is 1. The van der Waals surface area contributed by atoms with E-state index in [0.29, 0.717) is 12.1 Å². The molecule has 5 nitrogen and oxygen atoms in total. The number of nitrogens with zero attached hydrogens (tertiary/aromatic N) is 3. The van der Waals surface area contributed by atoms with E-state index in [0.717, 1.165) is 56.0 Å². The first-order chi connectivity index (χ1) is 9.93. The minimum absolute atomic E-state index is 0.340. The summed E-state index contributed by atoms with van der Waals surface area (Å²) in [5.41, 5.74) is 2.01. The quantitative estimate of drug-likeness (QED) is 0.910. The molecule has 2 saturated heterocycles. The molecule has 2 fully saturated rings. The van der Waals surface area contributed by atoms with Gasteiger partial charge in [0.1, 0.15) is 11.3 Å². The monoisotopic (exact) mass is 272 g/mol. The van der Waals surface area contributed by atoms with Gasteiger partial charge in [-0.3, -0.25) is 9.88 Å². The second-order valence-corrected chi connectivity index (χ2v) is 5.71. The summed E-state index contributed by atoms with van der Waals surface area (Å²) in [4.78, 5) is 9.42. The van der Waals surface area contributed by atoms with Crippen LogP contribution in [0.5, 0.6) is 0 Å². The first-order valence-electron chi connectivity index (χ1n) is 7.57. The van der Waals surface area contributed by atoms with E-state index in [1.165, 1.54) is 6.42 Å². The summed E-state index contributed by atoms with van der Waals surface area (Å²) in [6.45, 7) is 2.75. The Labute approximate surface area is 118 Å². The van der Waals surface area contributed by atoms with Gasteiger partial charge < -0.3 is 4.74 Å². The van der Waals surface area contributed by atoms with E-state index in [-0.39, 0.29) is 0 Å². The van der Waals surface area contributed by atoms with Crippen molar-refractivity contribution in [2.75, 3.05) is 19.8 Å². The molecule has 0 aliphatic carbocycles. The highest BCUT2D eigenvalue weighted by Crippen LogP contribution is 2.31. The van der Waals surface area contributed by atoms with Crippen molar-refractivity contribution >= 4 is 11.2 Å². The van der Waals surface area contributed by atoms with Crippen LogP contribution in [0.4, 0.5) is 0 Å². The lowest BCUT2D eigenvalue weighted by atomic mass is 10.0. The minimum atomic E-state index is 0.340. The van der Waals surface area contributed by atoms with Crippen molar-refractivity contribution in [3.63, 3.8) is 0 Å². The number of fused-ring (bicyclic) bond motifs is 1. The Hall–Kier alpha value is -1.46. The molecule has 1 N–H and O–H groups in total. The van der Waals surface area contributed by atoms with Crippen molar-refractivity contribution in [2.24, 2.45) is 0 Å². The highest BCUT2D eigenvalue weighted by Gasteiger charge is 2.28. The standard InChI is InChI=1S/C15H20N4O/c1-5-12-15(17-8-1)19(13-6-2-7-16-13)14(18-12)11-4-3-9-20-10-11/h1,5,8,11,13,16H,2-4,6-7,9-10H2. The van der Waals surface area contributed by atoms with Crippen molar-refractivity contribution in [2.45, 2.75) is 37.8 Å². The highest BCUT2D eigenvalue weighted by molar-refractivity contribution is 5.71. The third-order valence-corrected chi connectivity index (χ3v) is 4.35. The van der Waals surface area contributed by atoms with E-state index in [4.69, 9.17) is 9.72 Å². The van der Waals surface area contributed by atoms with Crippen LogP contribution in [0.25, 0.3) is 11.2 Å². The summed E-state index contributed by atoms with van der Waals surface area (Å²) in [6, 6.07) is 4.02. The molecule has 0 bridgehead atoms. The second-order valence-electron chi connectivity index (χ2n) is 5.71. The van der Waals surface area contributed by atoms with E-state index in [1.54, 1.807) is 0 Å². The van der Waals surface area contributed by atoms with Crippen molar-refractivity contribution in [3.05, 3.63) is 24.2 Å². The Morgan fingerprint density at radius 3 is 3.10 bits per heavy atom. The zero-order valence-corrected chi connectivity index (χ0v) is 11.6. The van der Waals surface area contributed by atoms with E-state index in [2.05, 4.69) is 20.9 Å². The van der Waals surface area contributed by atoms with Gasteiger partial charge in [0.05, 0.1) is 12.8 Å². The number of aromatic nitrogens is 3. The molecule has 2 atom stereocenters. The van der Waals surface area contributed by atoms with E-state index >= 15 is 0 Å². The number of hydrogen-bond acceptors (Lipinski definition) is 4. The fourth-order valence-corrected chi connectivity index (χ4v) is 3.37. The Balaban J connectivity index is 1.82. The van der Waals surface area contributed by atoms with Crippen molar-refractivity contribution < 1.29 is 4.74 Å². The van der Waals surface area contributed by atoms with Crippen LogP contribution in [0, 0.1) is 0 Å². The maximum Gasteiger partial charge on any atom is 0.161 e. The van der Waals surface area contributed by atoms with Crippen LogP contribution in [0.2, 0.25) is 0 Å². The summed E-state index contributed by atoms with van der Waals surface area (Å²) >= 11 is 0. The molecule has 2 aliphatic heterocycles. The van der Waals surface area contributed by atoms with Crippen LogP contribution in [0.1, 0.15) is 43.6 Å². The van der Waals surface area contributed by atoms with Crippen LogP contribution in [-0.2, 0) is 4.74 Å². The predicted octanol–water partition coefficient (Wildman–Crippen LogP) is 2.21. The summed E-state index contributed by atoms with van der Waals surface area (Å²) in [7, 11) is 0. The number of pyridine rings is 1. The smallest absolute Gasteiger partial charge is 0.161 e. The molecule has 2 aromatic rings. The number of nitrogens with one attached hydrogen (secondary N) is 1. The highest BCUT2D eigenvalue weighted by atomic mass is 16.5. The third-order valence-electron chi connectivity index (χ3n) is 4.35. The van der Waals surface area contributed by atoms with Gasteiger partial charge in [-0.05, 0) is 44.4 Å². The molecule has 0 amide bonds. The fraction of sp³-hybridized carbons (Fsp3) is 0.600. The Bertz CT molecular complexity index is 597. The number of rotatable bonds is 2. The second kappa shape index (κ2) is 5.14. The molecule has 0 saturated carbocycles. The summed E-state index contributed by atoms with van der Waals surface area (Å²) < 4.78 is 7.98. The van der Waals surface area contributed by atoms with Gasteiger partial charge in [-0.25, -0.2) is 9.97 Å². The molecule has 0 aromatic carbocycles. The summed E-state index contributed by atoms with van der Waals surface area (Å²) in [6.07, 6.45) is 6.86. The molecular formula is C15H20N4O. The molecule has 4 heterocycles. The number of hydrogen-bond donors (Lipinski definition) is 1. The van der Waals surface area contributed by atoms with Crippen molar-refractivity contribution in [3.8, 4) is 0 Å². The van der Waals surface area contributed by atoms with Gasteiger partial charge in [-0.15, -0.1) is 0 Å². The van der Waals surface area contributed by atoms with Crippen LogP contribution in [0.15, 0.2) is 18.3 Å².